The molecule has 0 N–H and O–H groups in total. The molecule has 0 unspecified atom stereocenters. The highest BCUT2D eigenvalue weighted by molar-refractivity contribution is 7.17. The maximum atomic E-state index is 6.03. The molecule has 28 heavy (non-hydrogen) atoms. The Labute approximate surface area is 164 Å². The topological polar surface area (TPSA) is 70.8 Å². The van der Waals surface area contributed by atoms with E-state index in [2.05, 4.69) is 15.3 Å². The summed E-state index contributed by atoms with van der Waals surface area (Å²) < 4.78 is 18.7. The van der Waals surface area contributed by atoms with Gasteiger partial charge < -0.3 is 14.2 Å². The van der Waals surface area contributed by atoms with Crippen molar-refractivity contribution in [3.63, 3.8) is 0 Å². The molecule has 0 amide bonds. The Morgan fingerprint density at radius 2 is 1.89 bits per heavy atom. The average Bonchev–Trinajstić information content (AvgIpc) is 3.32. The fourth-order valence-corrected chi connectivity index (χ4v) is 3.69. The highest BCUT2D eigenvalue weighted by Gasteiger charge is 2.27. The molecule has 1 atom stereocenters. The zero-order chi connectivity index (χ0) is 18.9. The zero-order valence-electron chi connectivity index (χ0n) is 15.0. The highest BCUT2D eigenvalue weighted by Crippen LogP contribution is 2.35. The Morgan fingerprint density at radius 1 is 1.07 bits per heavy atom. The number of hydrogen-bond donors (Lipinski definition) is 0. The average molecular weight is 392 g/mol. The molecule has 1 aliphatic heterocycles. The minimum atomic E-state index is -0.356. The van der Waals surface area contributed by atoms with Crippen molar-refractivity contribution in [2.75, 3.05) is 13.7 Å². The number of fused-ring (bicyclic) bond motifs is 2. The van der Waals surface area contributed by atoms with Gasteiger partial charge in [0.1, 0.15) is 17.4 Å². The van der Waals surface area contributed by atoms with Crippen LogP contribution in [0.2, 0.25) is 0 Å². The predicted molar refractivity (Wildman–Crippen MR) is 106 cm³/mol. The third-order valence-corrected chi connectivity index (χ3v) is 5.23. The minimum Gasteiger partial charge on any atom is -0.497 e. The van der Waals surface area contributed by atoms with E-state index < -0.39 is 0 Å². The summed E-state index contributed by atoms with van der Waals surface area (Å²) >= 11 is 1.46. The lowest BCUT2D eigenvalue weighted by atomic mass is 10.2. The molecule has 140 valence electrons. The van der Waals surface area contributed by atoms with E-state index in [1.165, 1.54) is 11.3 Å². The van der Waals surface area contributed by atoms with Gasteiger partial charge in [0.25, 0.3) is 0 Å². The summed E-state index contributed by atoms with van der Waals surface area (Å²) in [6, 6.07) is 15.4. The van der Waals surface area contributed by atoms with Gasteiger partial charge in [0.15, 0.2) is 23.4 Å². The van der Waals surface area contributed by atoms with Crippen molar-refractivity contribution >= 4 is 28.4 Å². The van der Waals surface area contributed by atoms with Gasteiger partial charge in [0.05, 0.1) is 7.11 Å². The van der Waals surface area contributed by atoms with Crippen LogP contribution in [0.15, 0.2) is 48.5 Å². The lowest BCUT2D eigenvalue weighted by molar-refractivity contribution is 0.0836. The third kappa shape index (κ3) is 3.07. The molecule has 7 nitrogen and oxygen atoms in total. The van der Waals surface area contributed by atoms with Crippen LogP contribution >= 0.6 is 11.3 Å². The van der Waals surface area contributed by atoms with E-state index in [4.69, 9.17) is 14.2 Å². The van der Waals surface area contributed by atoms with Crippen LogP contribution < -0.4 is 14.2 Å². The van der Waals surface area contributed by atoms with Crippen molar-refractivity contribution in [1.82, 2.24) is 19.8 Å². The summed E-state index contributed by atoms with van der Waals surface area (Å²) in [5.74, 6) is 2.90. The molecular weight excluding hydrogens is 376 g/mol. The van der Waals surface area contributed by atoms with Gasteiger partial charge in [-0.1, -0.05) is 41.7 Å². The first-order valence-corrected chi connectivity index (χ1v) is 9.54. The molecule has 0 fully saturated rings. The normalized spacial score (nSPS) is 16.0. The molecule has 0 saturated carbocycles. The van der Waals surface area contributed by atoms with Gasteiger partial charge in [-0.25, -0.2) is 0 Å². The van der Waals surface area contributed by atoms with E-state index in [0.29, 0.717) is 23.1 Å². The third-order valence-electron chi connectivity index (χ3n) is 4.36. The summed E-state index contributed by atoms with van der Waals surface area (Å²) in [6.45, 7) is 0.367. The molecule has 5 rings (SSSR count). The number of aromatic nitrogens is 4. The first kappa shape index (κ1) is 16.8. The molecule has 0 bridgehead atoms. The van der Waals surface area contributed by atoms with Gasteiger partial charge in [-0.15, -0.1) is 10.2 Å². The van der Waals surface area contributed by atoms with Gasteiger partial charge in [-0.3, -0.25) is 0 Å². The fourth-order valence-electron chi connectivity index (χ4n) is 2.94. The van der Waals surface area contributed by atoms with E-state index in [-0.39, 0.29) is 6.10 Å². The van der Waals surface area contributed by atoms with Crippen molar-refractivity contribution in [2.45, 2.75) is 6.10 Å². The van der Waals surface area contributed by atoms with Crippen LogP contribution in [0.25, 0.3) is 17.1 Å². The van der Waals surface area contributed by atoms with Gasteiger partial charge in [0, 0.05) is 0 Å². The van der Waals surface area contributed by atoms with Crippen LogP contribution in [0.3, 0.4) is 0 Å². The lowest BCUT2D eigenvalue weighted by Crippen LogP contribution is -2.23. The first-order chi connectivity index (χ1) is 13.8. The van der Waals surface area contributed by atoms with Crippen LogP contribution in [0.4, 0.5) is 0 Å². The molecule has 0 aliphatic carbocycles. The largest absolute Gasteiger partial charge is 0.497 e. The number of methoxy groups -OCH3 is 1. The Balaban J connectivity index is 1.39. The number of nitrogens with zero attached hydrogens (tertiary/aromatic N) is 4. The fraction of sp³-hybridized carbons (Fsp3) is 0.150. The molecule has 0 radical (unpaired) electrons. The summed E-state index contributed by atoms with van der Waals surface area (Å²) in [6.07, 6.45) is 3.60. The van der Waals surface area contributed by atoms with Crippen LogP contribution in [0.1, 0.15) is 22.5 Å². The van der Waals surface area contributed by atoms with Crippen molar-refractivity contribution in [1.29, 1.82) is 0 Å². The minimum absolute atomic E-state index is 0.356. The highest BCUT2D eigenvalue weighted by atomic mass is 32.1. The predicted octanol–water partition coefficient (Wildman–Crippen LogP) is 3.88. The second-order valence-electron chi connectivity index (χ2n) is 6.16. The molecular formula is C20H16N4O3S. The van der Waals surface area contributed by atoms with Crippen LogP contribution in [0.5, 0.6) is 17.2 Å². The monoisotopic (exact) mass is 392 g/mol. The van der Waals surface area contributed by atoms with Crippen LogP contribution in [0, 0.1) is 0 Å². The molecule has 3 heterocycles. The molecule has 1 aliphatic rings. The Bertz CT molecular complexity index is 1150. The van der Waals surface area contributed by atoms with Crippen LogP contribution in [-0.2, 0) is 0 Å². The number of para-hydroxylation sites is 2. The van der Waals surface area contributed by atoms with Gasteiger partial charge >= 0.3 is 0 Å². The molecule has 0 saturated heterocycles. The van der Waals surface area contributed by atoms with E-state index in [0.717, 1.165) is 22.1 Å². The molecule has 4 aromatic rings. The quantitative estimate of drug-likeness (QED) is 0.525. The number of ether oxygens (including phenoxy) is 3. The standard InChI is InChI=1S/C20H16N4O3S/c1-25-14-9-6-13(7-10-14)8-11-18-23-24-19(21-22-20(24)28-18)17-12-26-15-4-2-3-5-16(15)27-17/h2-11,17H,12H2,1H3/b11-8+/t17-/m1/s1. The Kier molecular flexibility index (Phi) is 4.17. The summed E-state index contributed by atoms with van der Waals surface area (Å²) in [5, 5.41) is 13.9. The van der Waals surface area contributed by atoms with Gasteiger partial charge in [0.2, 0.25) is 4.96 Å². The summed E-state index contributed by atoms with van der Waals surface area (Å²) in [7, 11) is 1.65. The van der Waals surface area contributed by atoms with E-state index >= 15 is 0 Å². The van der Waals surface area contributed by atoms with Crippen LogP contribution in [-0.4, -0.2) is 33.5 Å². The maximum Gasteiger partial charge on any atom is 0.235 e. The Hall–Kier alpha value is -3.39. The molecule has 2 aromatic heterocycles. The van der Waals surface area contributed by atoms with E-state index in [1.807, 2.05) is 60.7 Å². The van der Waals surface area contributed by atoms with Crippen molar-refractivity contribution < 1.29 is 14.2 Å². The summed E-state index contributed by atoms with van der Waals surface area (Å²) in [4.78, 5) is 0.715. The maximum absolute atomic E-state index is 6.03. The second kappa shape index (κ2) is 6.97. The van der Waals surface area contributed by atoms with Crippen molar-refractivity contribution in [2.24, 2.45) is 0 Å². The smallest absolute Gasteiger partial charge is 0.235 e. The van der Waals surface area contributed by atoms with Gasteiger partial charge in [-0.05, 0) is 35.9 Å². The number of benzene rings is 2. The van der Waals surface area contributed by atoms with Crippen molar-refractivity contribution in [3.05, 3.63) is 64.9 Å². The van der Waals surface area contributed by atoms with E-state index in [1.54, 1.807) is 11.6 Å². The van der Waals surface area contributed by atoms with E-state index in [9.17, 15) is 0 Å². The number of rotatable bonds is 4. The lowest BCUT2D eigenvalue weighted by Gasteiger charge is -2.24. The molecule has 8 heteroatoms. The van der Waals surface area contributed by atoms with Gasteiger partial charge in [-0.2, -0.15) is 9.61 Å². The Morgan fingerprint density at radius 3 is 2.71 bits per heavy atom. The molecule has 0 spiro atoms. The molecule has 2 aromatic carbocycles. The second-order valence-corrected chi connectivity index (χ2v) is 7.15. The number of hydrogen-bond acceptors (Lipinski definition) is 7. The zero-order valence-corrected chi connectivity index (χ0v) is 15.8. The summed E-state index contributed by atoms with van der Waals surface area (Å²) in [5.41, 5.74) is 1.06. The first-order valence-electron chi connectivity index (χ1n) is 8.73. The van der Waals surface area contributed by atoms with Crippen molar-refractivity contribution in [3.8, 4) is 17.2 Å². The SMILES string of the molecule is COc1ccc(/C=C/c2nn3c([C@H]4COc5ccccc5O4)nnc3s2)cc1.